The normalized spacial score (nSPS) is 34.7. The molecule has 2 aliphatic heterocycles. The van der Waals surface area contributed by atoms with Crippen molar-refractivity contribution in [3.8, 4) is 0 Å². The molecule has 2 aliphatic rings. The molecule has 100 valence electrons. The van der Waals surface area contributed by atoms with E-state index in [0.717, 1.165) is 30.9 Å². The zero-order chi connectivity index (χ0) is 12.3. The lowest BCUT2D eigenvalue weighted by atomic mass is 9.80. The number of nitrogens with zero attached hydrogens (tertiary/aromatic N) is 1. The van der Waals surface area contributed by atoms with Crippen LogP contribution in [-0.4, -0.2) is 53.3 Å². The van der Waals surface area contributed by atoms with Crippen LogP contribution in [0.1, 0.15) is 32.6 Å². The van der Waals surface area contributed by atoms with Gasteiger partial charge >= 0.3 is 0 Å². The summed E-state index contributed by atoms with van der Waals surface area (Å²) >= 11 is 0. The number of hydrogen-bond donors (Lipinski definition) is 1. The third kappa shape index (κ3) is 4.04. The van der Waals surface area contributed by atoms with Crippen molar-refractivity contribution in [2.45, 2.75) is 38.6 Å². The van der Waals surface area contributed by atoms with Gasteiger partial charge in [0.1, 0.15) is 0 Å². The van der Waals surface area contributed by atoms with Gasteiger partial charge in [0.2, 0.25) is 0 Å². The van der Waals surface area contributed by atoms with Gasteiger partial charge in [-0.25, -0.2) is 0 Å². The first-order chi connectivity index (χ1) is 8.07. The smallest absolute Gasteiger partial charge is 0.0249 e. The SMILES string of the molecule is CN1CCC(C)(CNC2CCS(=O)CC2)CC1. The molecule has 0 atom stereocenters. The maximum atomic E-state index is 11.3. The highest BCUT2D eigenvalue weighted by atomic mass is 32.2. The summed E-state index contributed by atoms with van der Waals surface area (Å²) in [7, 11) is 1.68. The molecule has 0 aromatic heterocycles. The summed E-state index contributed by atoms with van der Waals surface area (Å²) < 4.78 is 11.3. The van der Waals surface area contributed by atoms with Crippen LogP contribution in [-0.2, 0) is 10.8 Å². The van der Waals surface area contributed by atoms with Gasteiger partial charge in [-0.05, 0) is 51.2 Å². The Morgan fingerprint density at radius 2 is 1.88 bits per heavy atom. The fourth-order valence-electron chi connectivity index (χ4n) is 2.72. The second kappa shape index (κ2) is 5.81. The number of likely N-dealkylation sites (tertiary alicyclic amines) is 1. The van der Waals surface area contributed by atoms with E-state index in [9.17, 15) is 4.21 Å². The number of hydrogen-bond acceptors (Lipinski definition) is 3. The fraction of sp³-hybridized carbons (Fsp3) is 1.00. The lowest BCUT2D eigenvalue weighted by molar-refractivity contribution is 0.132. The maximum absolute atomic E-state index is 11.3. The van der Waals surface area contributed by atoms with E-state index in [1.54, 1.807) is 0 Å². The van der Waals surface area contributed by atoms with E-state index in [2.05, 4.69) is 24.2 Å². The lowest BCUT2D eigenvalue weighted by Crippen LogP contribution is -2.46. The van der Waals surface area contributed by atoms with Crippen LogP contribution in [0.5, 0.6) is 0 Å². The summed E-state index contributed by atoms with van der Waals surface area (Å²) in [5, 5.41) is 3.71. The van der Waals surface area contributed by atoms with Gasteiger partial charge in [0.15, 0.2) is 0 Å². The Hall–Kier alpha value is 0.0700. The molecule has 4 heteroatoms. The third-order valence-electron chi connectivity index (χ3n) is 4.40. The van der Waals surface area contributed by atoms with Crippen molar-refractivity contribution in [2.75, 3.05) is 38.2 Å². The van der Waals surface area contributed by atoms with Gasteiger partial charge in [-0.1, -0.05) is 6.92 Å². The second-order valence-corrected chi connectivity index (χ2v) is 7.81. The second-order valence-electron chi connectivity index (χ2n) is 6.12. The Bertz CT molecular complexity index is 265. The molecule has 0 unspecified atom stereocenters. The molecule has 2 heterocycles. The van der Waals surface area contributed by atoms with Crippen LogP contribution < -0.4 is 5.32 Å². The van der Waals surface area contributed by atoms with Crippen LogP contribution in [0, 0.1) is 5.41 Å². The fourth-order valence-corrected chi connectivity index (χ4v) is 4.02. The summed E-state index contributed by atoms with van der Waals surface area (Å²) in [5.74, 6) is 1.80. The van der Waals surface area contributed by atoms with Crippen LogP contribution in [0.3, 0.4) is 0 Å². The van der Waals surface area contributed by atoms with E-state index in [-0.39, 0.29) is 0 Å². The van der Waals surface area contributed by atoms with Crippen LogP contribution in [0.4, 0.5) is 0 Å². The Labute approximate surface area is 108 Å². The quantitative estimate of drug-likeness (QED) is 0.826. The van der Waals surface area contributed by atoms with Crippen molar-refractivity contribution in [2.24, 2.45) is 5.41 Å². The van der Waals surface area contributed by atoms with E-state index in [4.69, 9.17) is 0 Å². The molecule has 1 N–H and O–H groups in total. The van der Waals surface area contributed by atoms with Crippen LogP contribution in [0.25, 0.3) is 0 Å². The highest BCUT2D eigenvalue weighted by molar-refractivity contribution is 7.85. The van der Waals surface area contributed by atoms with E-state index in [0.29, 0.717) is 11.5 Å². The van der Waals surface area contributed by atoms with Gasteiger partial charge < -0.3 is 10.2 Å². The molecular weight excluding hydrogens is 232 g/mol. The molecule has 0 aromatic rings. The zero-order valence-corrected chi connectivity index (χ0v) is 12.0. The van der Waals surface area contributed by atoms with Gasteiger partial charge in [-0.3, -0.25) is 4.21 Å². The third-order valence-corrected chi connectivity index (χ3v) is 5.78. The number of rotatable bonds is 3. The molecular formula is C13H26N2OS. The molecule has 2 fully saturated rings. The van der Waals surface area contributed by atoms with Crippen LogP contribution in [0.15, 0.2) is 0 Å². The Balaban J connectivity index is 1.72. The number of piperidine rings is 1. The highest BCUT2D eigenvalue weighted by Crippen LogP contribution is 2.29. The van der Waals surface area contributed by atoms with Gasteiger partial charge in [0.05, 0.1) is 0 Å². The van der Waals surface area contributed by atoms with Crippen molar-refractivity contribution < 1.29 is 4.21 Å². The topological polar surface area (TPSA) is 32.3 Å². The minimum atomic E-state index is -0.531. The zero-order valence-electron chi connectivity index (χ0n) is 11.2. The van der Waals surface area contributed by atoms with Gasteiger partial charge in [0, 0.05) is 34.9 Å². The van der Waals surface area contributed by atoms with Crippen molar-refractivity contribution >= 4 is 10.8 Å². The molecule has 3 nitrogen and oxygen atoms in total. The lowest BCUT2D eigenvalue weighted by Gasteiger charge is -2.39. The van der Waals surface area contributed by atoms with E-state index < -0.39 is 10.8 Å². The van der Waals surface area contributed by atoms with Crippen LogP contribution in [0.2, 0.25) is 0 Å². The van der Waals surface area contributed by atoms with Crippen molar-refractivity contribution in [1.29, 1.82) is 0 Å². The molecule has 0 amide bonds. The molecule has 0 saturated carbocycles. The Morgan fingerprint density at radius 1 is 1.29 bits per heavy atom. The van der Waals surface area contributed by atoms with Crippen molar-refractivity contribution in [1.82, 2.24) is 10.2 Å². The van der Waals surface area contributed by atoms with Crippen LogP contribution >= 0.6 is 0 Å². The summed E-state index contributed by atoms with van der Waals surface area (Å²) in [6, 6.07) is 0.615. The van der Waals surface area contributed by atoms with E-state index in [1.165, 1.54) is 25.9 Å². The molecule has 2 saturated heterocycles. The van der Waals surface area contributed by atoms with E-state index in [1.807, 2.05) is 0 Å². The first kappa shape index (κ1) is 13.5. The Morgan fingerprint density at radius 3 is 2.47 bits per heavy atom. The standard InChI is InChI=1S/C13H26N2OS/c1-13(5-7-15(2)8-6-13)11-14-12-3-9-17(16)10-4-12/h12,14H,3-11H2,1-2H3. The monoisotopic (exact) mass is 258 g/mol. The minimum absolute atomic E-state index is 0.475. The highest BCUT2D eigenvalue weighted by Gasteiger charge is 2.29. The summed E-state index contributed by atoms with van der Waals surface area (Å²) in [6.07, 6.45) is 4.80. The predicted molar refractivity (Wildman–Crippen MR) is 73.7 cm³/mol. The molecule has 17 heavy (non-hydrogen) atoms. The maximum Gasteiger partial charge on any atom is 0.0249 e. The van der Waals surface area contributed by atoms with Gasteiger partial charge in [-0.15, -0.1) is 0 Å². The molecule has 0 aliphatic carbocycles. The molecule has 0 radical (unpaired) electrons. The largest absolute Gasteiger partial charge is 0.313 e. The summed E-state index contributed by atoms with van der Waals surface area (Å²) in [4.78, 5) is 2.42. The molecule has 0 aromatic carbocycles. The van der Waals surface area contributed by atoms with E-state index >= 15 is 0 Å². The molecule has 0 bridgehead atoms. The summed E-state index contributed by atoms with van der Waals surface area (Å²) in [5.41, 5.74) is 0.475. The summed E-state index contributed by atoms with van der Waals surface area (Å²) in [6.45, 7) is 6.01. The van der Waals surface area contributed by atoms with Crippen molar-refractivity contribution in [3.63, 3.8) is 0 Å². The Kier molecular flexibility index (Phi) is 4.61. The number of nitrogens with one attached hydrogen (secondary N) is 1. The average Bonchev–Trinajstić information content (AvgIpc) is 2.33. The molecule has 2 rings (SSSR count). The first-order valence-electron chi connectivity index (χ1n) is 6.84. The average molecular weight is 258 g/mol. The van der Waals surface area contributed by atoms with Gasteiger partial charge in [0.25, 0.3) is 0 Å². The van der Waals surface area contributed by atoms with Crippen molar-refractivity contribution in [3.05, 3.63) is 0 Å². The first-order valence-corrected chi connectivity index (χ1v) is 8.33. The minimum Gasteiger partial charge on any atom is -0.313 e. The molecule has 0 spiro atoms. The predicted octanol–water partition coefficient (Wildman–Crippen LogP) is 1.22. The van der Waals surface area contributed by atoms with Gasteiger partial charge in [-0.2, -0.15) is 0 Å².